The van der Waals surface area contributed by atoms with Crippen molar-refractivity contribution in [3.8, 4) is 0 Å². The lowest BCUT2D eigenvalue weighted by atomic mass is 10.1. The van der Waals surface area contributed by atoms with E-state index in [1.54, 1.807) is 19.0 Å². The third-order valence-electron chi connectivity index (χ3n) is 3.99. The fourth-order valence-corrected chi connectivity index (χ4v) is 3.81. The van der Waals surface area contributed by atoms with E-state index in [1.807, 2.05) is 30.3 Å². The Kier molecular flexibility index (Phi) is 4.71. The first kappa shape index (κ1) is 16.1. The van der Waals surface area contributed by atoms with Crippen molar-refractivity contribution in [3.05, 3.63) is 41.7 Å². The second-order valence-corrected chi connectivity index (χ2v) is 7.07. The minimum Gasteiger partial charge on any atom is -0.348 e. The van der Waals surface area contributed by atoms with Gasteiger partial charge in [-0.15, -0.1) is 10.2 Å². The van der Waals surface area contributed by atoms with Gasteiger partial charge in [-0.25, -0.2) is 0 Å². The molecular weight excluding hydrogens is 308 g/mol. The minimum absolute atomic E-state index is 0.0693. The highest BCUT2D eigenvalue weighted by Gasteiger charge is 2.32. The lowest BCUT2D eigenvalue weighted by Gasteiger charge is -2.20. The lowest BCUT2D eigenvalue weighted by Crippen LogP contribution is -2.27. The predicted octanol–water partition coefficient (Wildman–Crippen LogP) is 3.10. The van der Waals surface area contributed by atoms with Crippen LogP contribution in [0.15, 0.2) is 35.5 Å². The third-order valence-corrected chi connectivity index (χ3v) is 5.22. The van der Waals surface area contributed by atoms with Gasteiger partial charge in [0.1, 0.15) is 11.1 Å². The van der Waals surface area contributed by atoms with E-state index in [0.717, 1.165) is 23.1 Å². The molecule has 3 rings (SSSR count). The molecule has 1 saturated carbocycles. The standard InChI is InChI=1S/C17H22N4OS/c1-4-21-15(13-10-11-13)18-19-17(21)23-14(16(22)20(2)3)12-8-6-5-7-9-12/h5-9,13-14H,4,10-11H2,1-3H3/t14-/m0/s1. The normalized spacial score (nSPS) is 15.4. The number of nitrogens with zero attached hydrogens (tertiary/aromatic N) is 4. The Labute approximate surface area is 141 Å². The molecule has 0 radical (unpaired) electrons. The summed E-state index contributed by atoms with van der Waals surface area (Å²) in [6, 6.07) is 9.88. The summed E-state index contributed by atoms with van der Waals surface area (Å²) >= 11 is 1.49. The topological polar surface area (TPSA) is 51.0 Å². The summed E-state index contributed by atoms with van der Waals surface area (Å²) in [5.41, 5.74) is 0.995. The van der Waals surface area contributed by atoms with Crippen LogP contribution in [0.3, 0.4) is 0 Å². The first-order valence-electron chi connectivity index (χ1n) is 7.97. The van der Waals surface area contributed by atoms with Crippen LogP contribution in [0.4, 0.5) is 0 Å². The van der Waals surface area contributed by atoms with Crippen molar-refractivity contribution in [2.45, 2.75) is 42.6 Å². The van der Waals surface area contributed by atoms with E-state index in [0.29, 0.717) is 5.92 Å². The molecule has 0 spiro atoms. The highest BCUT2D eigenvalue weighted by atomic mass is 32.2. The van der Waals surface area contributed by atoms with Crippen LogP contribution in [-0.2, 0) is 11.3 Å². The van der Waals surface area contributed by atoms with Gasteiger partial charge in [-0.1, -0.05) is 42.1 Å². The molecule has 1 aliphatic carbocycles. The third kappa shape index (κ3) is 3.42. The maximum absolute atomic E-state index is 12.6. The fourth-order valence-electron chi connectivity index (χ4n) is 2.56. The number of benzene rings is 1. The fraction of sp³-hybridized carbons (Fsp3) is 0.471. The van der Waals surface area contributed by atoms with Crippen molar-refractivity contribution in [2.24, 2.45) is 0 Å². The minimum atomic E-state index is -0.298. The Hall–Kier alpha value is -1.82. The van der Waals surface area contributed by atoms with Crippen molar-refractivity contribution < 1.29 is 4.79 Å². The molecule has 0 bridgehead atoms. The van der Waals surface area contributed by atoms with E-state index in [1.165, 1.54) is 24.6 Å². The van der Waals surface area contributed by atoms with Crippen LogP contribution >= 0.6 is 11.8 Å². The highest BCUT2D eigenvalue weighted by molar-refractivity contribution is 8.00. The van der Waals surface area contributed by atoms with Gasteiger partial charge in [0.25, 0.3) is 0 Å². The Morgan fingerprint density at radius 3 is 2.57 bits per heavy atom. The molecule has 1 atom stereocenters. The molecule has 122 valence electrons. The van der Waals surface area contributed by atoms with Crippen LogP contribution in [0.5, 0.6) is 0 Å². The summed E-state index contributed by atoms with van der Waals surface area (Å²) < 4.78 is 2.15. The largest absolute Gasteiger partial charge is 0.348 e. The number of carbonyl (C=O) groups is 1. The molecule has 2 aromatic rings. The van der Waals surface area contributed by atoms with E-state index in [9.17, 15) is 4.79 Å². The SMILES string of the molecule is CCn1c(S[C@H](C(=O)N(C)C)c2ccccc2)nnc1C1CC1. The summed E-state index contributed by atoms with van der Waals surface area (Å²) in [6.07, 6.45) is 2.39. The highest BCUT2D eigenvalue weighted by Crippen LogP contribution is 2.42. The second kappa shape index (κ2) is 6.74. The van der Waals surface area contributed by atoms with Gasteiger partial charge in [0.05, 0.1) is 0 Å². The Morgan fingerprint density at radius 1 is 1.30 bits per heavy atom. The molecule has 1 heterocycles. The molecule has 0 unspecified atom stereocenters. The average molecular weight is 330 g/mol. The first-order chi connectivity index (χ1) is 11.1. The number of amides is 1. The molecule has 1 aromatic heterocycles. The van der Waals surface area contributed by atoms with Crippen LogP contribution in [0.25, 0.3) is 0 Å². The molecule has 0 N–H and O–H groups in total. The zero-order valence-electron chi connectivity index (χ0n) is 13.8. The number of likely N-dealkylation sites (N-methyl/N-ethyl adjacent to an activating group) is 1. The number of carbonyl (C=O) groups excluding carboxylic acids is 1. The van der Waals surface area contributed by atoms with Crippen LogP contribution in [0.2, 0.25) is 0 Å². The molecule has 0 aliphatic heterocycles. The summed E-state index contributed by atoms with van der Waals surface area (Å²) in [4.78, 5) is 14.3. The molecule has 1 fully saturated rings. The van der Waals surface area contributed by atoms with E-state index in [-0.39, 0.29) is 11.2 Å². The van der Waals surface area contributed by atoms with Crippen molar-refractivity contribution in [3.63, 3.8) is 0 Å². The maximum Gasteiger partial charge on any atom is 0.240 e. The summed E-state index contributed by atoms with van der Waals surface area (Å²) in [5, 5.41) is 9.26. The summed E-state index contributed by atoms with van der Waals surface area (Å²) in [6.45, 7) is 2.93. The van der Waals surface area contributed by atoms with E-state index >= 15 is 0 Å². The van der Waals surface area contributed by atoms with Crippen LogP contribution in [0, 0.1) is 0 Å². The number of thioether (sulfide) groups is 1. The van der Waals surface area contributed by atoms with Gasteiger partial charge in [-0.2, -0.15) is 0 Å². The number of hydrogen-bond donors (Lipinski definition) is 0. The molecular formula is C17H22N4OS. The number of rotatable bonds is 6. The van der Waals surface area contributed by atoms with Crippen LogP contribution < -0.4 is 0 Å². The van der Waals surface area contributed by atoms with Crippen molar-refractivity contribution in [2.75, 3.05) is 14.1 Å². The van der Waals surface area contributed by atoms with Crippen molar-refractivity contribution in [1.29, 1.82) is 0 Å². The van der Waals surface area contributed by atoms with Gasteiger partial charge in [0.2, 0.25) is 5.91 Å². The molecule has 1 aliphatic rings. The molecule has 6 heteroatoms. The van der Waals surface area contributed by atoms with Crippen LogP contribution in [0.1, 0.15) is 42.3 Å². The van der Waals surface area contributed by atoms with Gasteiger partial charge in [0, 0.05) is 26.6 Å². The summed E-state index contributed by atoms with van der Waals surface area (Å²) in [5.74, 6) is 1.69. The van der Waals surface area contributed by atoms with Gasteiger partial charge in [0.15, 0.2) is 5.16 Å². The molecule has 0 saturated heterocycles. The smallest absolute Gasteiger partial charge is 0.240 e. The Balaban J connectivity index is 1.91. The van der Waals surface area contributed by atoms with Crippen molar-refractivity contribution in [1.82, 2.24) is 19.7 Å². The van der Waals surface area contributed by atoms with Gasteiger partial charge in [-0.05, 0) is 25.3 Å². The van der Waals surface area contributed by atoms with Gasteiger partial charge in [-0.3, -0.25) is 4.79 Å². The van der Waals surface area contributed by atoms with Gasteiger partial charge < -0.3 is 9.47 Å². The van der Waals surface area contributed by atoms with Crippen LogP contribution in [-0.4, -0.2) is 39.7 Å². The monoisotopic (exact) mass is 330 g/mol. The van der Waals surface area contributed by atoms with Gasteiger partial charge >= 0.3 is 0 Å². The predicted molar refractivity (Wildman–Crippen MR) is 91.4 cm³/mol. The van der Waals surface area contributed by atoms with Crippen molar-refractivity contribution >= 4 is 17.7 Å². The lowest BCUT2D eigenvalue weighted by molar-refractivity contribution is -0.128. The number of hydrogen-bond acceptors (Lipinski definition) is 4. The molecule has 5 nitrogen and oxygen atoms in total. The molecule has 1 amide bonds. The van der Waals surface area contributed by atoms with E-state index in [4.69, 9.17) is 0 Å². The summed E-state index contributed by atoms with van der Waals surface area (Å²) in [7, 11) is 3.58. The molecule has 1 aromatic carbocycles. The second-order valence-electron chi connectivity index (χ2n) is 6.00. The Morgan fingerprint density at radius 2 is 2.00 bits per heavy atom. The zero-order chi connectivity index (χ0) is 16.4. The number of aromatic nitrogens is 3. The van der Waals surface area contributed by atoms with E-state index in [2.05, 4.69) is 21.7 Å². The quantitative estimate of drug-likeness (QED) is 0.764. The maximum atomic E-state index is 12.6. The first-order valence-corrected chi connectivity index (χ1v) is 8.85. The Bertz CT molecular complexity index is 679. The van der Waals surface area contributed by atoms with E-state index < -0.39 is 0 Å². The zero-order valence-corrected chi connectivity index (χ0v) is 14.6. The molecule has 23 heavy (non-hydrogen) atoms. The average Bonchev–Trinajstić information content (AvgIpc) is 3.33.